The highest BCUT2D eigenvalue weighted by Crippen LogP contribution is 2.33. The van der Waals surface area contributed by atoms with E-state index in [9.17, 15) is 4.79 Å². The smallest absolute Gasteiger partial charge is 0.168 e. The average Bonchev–Trinajstić information content (AvgIpc) is 2.77. The Morgan fingerprint density at radius 3 is 2.83 bits per heavy atom. The molecule has 0 aliphatic heterocycles. The van der Waals surface area contributed by atoms with Gasteiger partial charge in [0.2, 0.25) is 0 Å². The number of carbonyl (C=O) groups excluding carboxylic acids is 1. The van der Waals surface area contributed by atoms with Gasteiger partial charge in [-0.05, 0) is 37.5 Å². The number of aldehydes is 1. The van der Waals surface area contributed by atoms with Crippen molar-refractivity contribution in [3.05, 3.63) is 35.3 Å². The molecule has 2 aromatic rings. The van der Waals surface area contributed by atoms with E-state index in [1.165, 1.54) is 37.7 Å². The number of carbonyl (C=O) groups is 1. The van der Waals surface area contributed by atoms with Crippen molar-refractivity contribution in [2.24, 2.45) is 0 Å². The zero-order valence-electron chi connectivity index (χ0n) is 10.7. The molecule has 3 nitrogen and oxygen atoms in total. The maximum atomic E-state index is 11.4. The summed E-state index contributed by atoms with van der Waals surface area (Å²) in [5, 5.41) is 0. The normalized spacial score (nSPS) is 17.2. The predicted octanol–water partition coefficient (Wildman–Crippen LogP) is 3.50. The quantitative estimate of drug-likeness (QED) is 0.755. The Balaban J connectivity index is 2.12. The molecule has 3 heteroatoms. The Hall–Kier alpha value is -1.64. The third kappa shape index (κ3) is 1.84. The summed E-state index contributed by atoms with van der Waals surface area (Å²) in [6.45, 7) is 2.05. The van der Waals surface area contributed by atoms with Crippen LogP contribution in [0.2, 0.25) is 0 Å². The number of hydrogen-bond donors (Lipinski definition) is 0. The van der Waals surface area contributed by atoms with Crippen LogP contribution in [-0.4, -0.2) is 15.7 Å². The Kier molecular flexibility index (Phi) is 2.90. The van der Waals surface area contributed by atoms with Crippen LogP contribution in [0.15, 0.2) is 18.3 Å². The number of hydrogen-bond acceptors (Lipinski definition) is 2. The van der Waals surface area contributed by atoms with Crippen molar-refractivity contribution in [3.8, 4) is 0 Å². The van der Waals surface area contributed by atoms with Crippen molar-refractivity contribution in [2.45, 2.75) is 44.9 Å². The molecule has 0 N–H and O–H groups in total. The fourth-order valence-electron chi connectivity index (χ4n) is 2.98. The van der Waals surface area contributed by atoms with Crippen LogP contribution in [-0.2, 0) is 0 Å². The number of aryl methyl sites for hydroxylation is 1. The Morgan fingerprint density at radius 2 is 2.11 bits per heavy atom. The van der Waals surface area contributed by atoms with Gasteiger partial charge in [0.25, 0.3) is 0 Å². The first-order chi connectivity index (χ1) is 8.79. The van der Waals surface area contributed by atoms with Crippen molar-refractivity contribution in [3.63, 3.8) is 0 Å². The third-order valence-electron chi connectivity index (χ3n) is 3.95. The molecule has 0 amide bonds. The van der Waals surface area contributed by atoms with E-state index in [0.717, 1.165) is 23.3 Å². The molecule has 18 heavy (non-hydrogen) atoms. The summed E-state index contributed by atoms with van der Waals surface area (Å²) in [5.41, 5.74) is 3.84. The second kappa shape index (κ2) is 4.56. The van der Waals surface area contributed by atoms with Gasteiger partial charge in [-0.25, -0.2) is 4.98 Å². The van der Waals surface area contributed by atoms with E-state index in [4.69, 9.17) is 4.98 Å². The van der Waals surface area contributed by atoms with Gasteiger partial charge >= 0.3 is 0 Å². The van der Waals surface area contributed by atoms with Gasteiger partial charge in [0, 0.05) is 12.1 Å². The highest BCUT2D eigenvalue weighted by atomic mass is 16.1. The van der Waals surface area contributed by atoms with Crippen LogP contribution < -0.4 is 0 Å². The molecule has 0 radical (unpaired) electrons. The molecule has 0 aromatic carbocycles. The van der Waals surface area contributed by atoms with Crippen LogP contribution in [0.1, 0.15) is 59.8 Å². The van der Waals surface area contributed by atoms with Crippen LogP contribution in [0.3, 0.4) is 0 Å². The third-order valence-corrected chi connectivity index (χ3v) is 3.95. The molecule has 3 rings (SSSR count). The van der Waals surface area contributed by atoms with Crippen molar-refractivity contribution in [2.75, 3.05) is 0 Å². The molecular formula is C15H18N2O. The number of fused-ring (bicyclic) bond motifs is 1. The molecule has 0 unspecified atom stereocenters. The molecule has 0 saturated heterocycles. The molecule has 0 atom stereocenters. The van der Waals surface area contributed by atoms with Gasteiger partial charge in [-0.15, -0.1) is 0 Å². The monoisotopic (exact) mass is 242 g/mol. The fourth-order valence-corrected chi connectivity index (χ4v) is 2.98. The van der Waals surface area contributed by atoms with Gasteiger partial charge in [-0.1, -0.05) is 19.3 Å². The topological polar surface area (TPSA) is 34.4 Å². The first kappa shape index (κ1) is 11.5. The number of pyridine rings is 1. The van der Waals surface area contributed by atoms with E-state index in [1.54, 1.807) is 0 Å². The molecule has 94 valence electrons. The summed E-state index contributed by atoms with van der Waals surface area (Å²) in [5.74, 6) is 0.471. The molecule has 1 fully saturated rings. The zero-order chi connectivity index (χ0) is 12.5. The maximum absolute atomic E-state index is 11.4. The first-order valence-corrected chi connectivity index (χ1v) is 6.73. The number of aromatic nitrogens is 2. The fraction of sp³-hybridized carbons (Fsp3) is 0.467. The van der Waals surface area contributed by atoms with Crippen LogP contribution in [0.5, 0.6) is 0 Å². The molecule has 0 spiro atoms. The van der Waals surface area contributed by atoms with Crippen molar-refractivity contribution >= 4 is 11.9 Å². The lowest BCUT2D eigenvalue weighted by Gasteiger charge is -2.20. The van der Waals surface area contributed by atoms with Gasteiger partial charge in [0.15, 0.2) is 6.29 Å². The van der Waals surface area contributed by atoms with Gasteiger partial charge in [-0.2, -0.15) is 0 Å². The summed E-state index contributed by atoms with van der Waals surface area (Å²) in [4.78, 5) is 16.1. The van der Waals surface area contributed by atoms with Crippen LogP contribution >= 0.6 is 0 Å². The summed E-state index contributed by atoms with van der Waals surface area (Å²) in [6.07, 6.45) is 9.09. The molecule has 1 aliphatic rings. The standard InChI is InChI=1S/C15H18N2O/c1-11-7-8-17-13(10-18)15(16-14(17)9-11)12-5-3-2-4-6-12/h7-10,12H,2-6H2,1H3. The minimum absolute atomic E-state index is 0.471. The van der Waals surface area contributed by atoms with E-state index < -0.39 is 0 Å². The highest BCUT2D eigenvalue weighted by molar-refractivity contribution is 5.77. The van der Waals surface area contributed by atoms with Gasteiger partial charge in [-0.3, -0.25) is 9.20 Å². The molecule has 2 aromatic heterocycles. The van der Waals surface area contributed by atoms with E-state index in [2.05, 4.69) is 6.92 Å². The minimum Gasteiger partial charge on any atom is -0.297 e. The lowest BCUT2D eigenvalue weighted by molar-refractivity contribution is 0.111. The van der Waals surface area contributed by atoms with E-state index in [1.807, 2.05) is 22.7 Å². The predicted molar refractivity (Wildman–Crippen MR) is 71.1 cm³/mol. The Bertz CT molecular complexity index is 579. The van der Waals surface area contributed by atoms with Crippen molar-refractivity contribution < 1.29 is 4.79 Å². The summed E-state index contributed by atoms with van der Waals surface area (Å²) in [7, 11) is 0. The Labute approximate surface area is 107 Å². The molecular weight excluding hydrogens is 224 g/mol. The molecule has 1 aliphatic carbocycles. The number of imidazole rings is 1. The van der Waals surface area contributed by atoms with Crippen LogP contribution in [0.25, 0.3) is 5.65 Å². The van der Waals surface area contributed by atoms with Gasteiger partial charge < -0.3 is 0 Å². The van der Waals surface area contributed by atoms with E-state index in [-0.39, 0.29) is 0 Å². The summed E-state index contributed by atoms with van der Waals surface area (Å²) in [6, 6.07) is 4.06. The minimum atomic E-state index is 0.471. The lowest BCUT2D eigenvalue weighted by atomic mass is 9.86. The largest absolute Gasteiger partial charge is 0.297 e. The van der Waals surface area contributed by atoms with Crippen molar-refractivity contribution in [1.29, 1.82) is 0 Å². The van der Waals surface area contributed by atoms with Gasteiger partial charge in [0.1, 0.15) is 11.3 Å². The average molecular weight is 242 g/mol. The SMILES string of the molecule is Cc1ccn2c(C=O)c(C3CCCCC3)nc2c1. The van der Waals surface area contributed by atoms with E-state index >= 15 is 0 Å². The second-order valence-corrected chi connectivity index (χ2v) is 5.27. The summed E-state index contributed by atoms with van der Waals surface area (Å²) < 4.78 is 1.92. The second-order valence-electron chi connectivity index (χ2n) is 5.27. The molecule has 1 saturated carbocycles. The number of nitrogens with zero attached hydrogens (tertiary/aromatic N) is 2. The molecule has 0 bridgehead atoms. The first-order valence-electron chi connectivity index (χ1n) is 6.73. The maximum Gasteiger partial charge on any atom is 0.168 e. The summed E-state index contributed by atoms with van der Waals surface area (Å²) >= 11 is 0. The van der Waals surface area contributed by atoms with Gasteiger partial charge in [0.05, 0.1) is 5.69 Å². The highest BCUT2D eigenvalue weighted by Gasteiger charge is 2.22. The Morgan fingerprint density at radius 1 is 1.33 bits per heavy atom. The molecule has 2 heterocycles. The van der Waals surface area contributed by atoms with Crippen LogP contribution in [0.4, 0.5) is 0 Å². The van der Waals surface area contributed by atoms with Crippen molar-refractivity contribution in [1.82, 2.24) is 9.38 Å². The van der Waals surface area contributed by atoms with Crippen LogP contribution in [0, 0.1) is 6.92 Å². The number of rotatable bonds is 2. The zero-order valence-corrected chi connectivity index (χ0v) is 10.7. The van der Waals surface area contributed by atoms with E-state index in [0.29, 0.717) is 5.92 Å². The lowest BCUT2D eigenvalue weighted by Crippen LogP contribution is -2.07.